The van der Waals surface area contributed by atoms with Crippen molar-refractivity contribution >= 4 is 27.3 Å². The van der Waals surface area contributed by atoms with Gasteiger partial charge in [-0.25, -0.2) is 8.42 Å². The molecule has 3 aromatic heterocycles. The van der Waals surface area contributed by atoms with Crippen molar-refractivity contribution in [2.45, 2.75) is 18.7 Å². The third-order valence-electron chi connectivity index (χ3n) is 4.50. The Kier molecular flexibility index (Phi) is 4.81. The normalized spacial score (nSPS) is 15.9. The molecule has 3 aromatic rings. The van der Waals surface area contributed by atoms with E-state index in [4.69, 9.17) is 8.94 Å². The molecule has 4 heterocycles. The van der Waals surface area contributed by atoms with E-state index < -0.39 is 10.0 Å². The molecule has 148 valence electrons. The van der Waals surface area contributed by atoms with Crippen LogP contribution in [0.3, 0.4) is 0 Å². The summed E-state index contributed by atoms with van der Waals surface area (Å²) in [7, 11) is -3.68. The third kappa shape index (κ3) is 3.36. The Labute approximate surface area is 165 Å². The van der Waals surface area contributed by atoms with E-state index in [2.05, 4.69) is 10.1 Å². The minimum absolute atomic E-state index is 0.223. The van der Waals surface area contributed by atoms with Crippen molar-refractivity contribution in [2.75, 3.05) is 26.2 Å². The van der Waals surface area contributed by atoms with Crippen LogP contribution in [0.1, 0.15) is 21.3 Å². The van der Waals surface area contributed by atoms with Gasteiger partial charge in [0.25, 0.3) is 5.91 Å². The molecule has 0 atom stereocenters. The molecule has 0 saturated carbocycles. The van der Waals surface area contributed by atoms with E-state index in [0.29, 0.717) is 34.6 Å². The van der Waals surface area contributed by atoms with Crippen LogP contribution >= 0.6 is 11.3 Å². The van der Waals surface area contributed by atoms with E-state index in [1.165, 1.54) is 21.9 Å². The van der Waals surface area contributed by atoms with Crippen LogP contribution in [0.25, 0.3) is 10.7 Å². The van der Waals surface area contributed by atoms with Gasteiger partial charge in [0, 0.05) is 38.0 Å². The molecule has 1 aliphatic rings. The second kappa shape index (κ2) is 7.15. The molecular formula is C17H18N4O5S2. The molecule has 4 rings (SSSR count). The maximum absolute atomic E-state index is 13.1. The second-order valence-corrected chi connectivity index (χ2v) is 9.50. The number of furan rings is 1. The summed E-state index contributed by atoms with van der Waals surface area (Å²) in [6, 6.07) is 4.83. The lowest BCUT2D eigenvalue weighted by molar-refractivity contribution is 0.0666. The molecule has 1 amide bonds. The molecule has 0 unspecified atom stereocenters. The molecule has 1 aliphatic heterocycles. The van der Waals surface area contributed by atoms with Crippen LogP contribution in [0.4, 0.5) is 0 Å². The number of carbonyl (C=O) groups excluding carboxylic acids is 1. The highest BCUT2D eigenvalue weighted by Gasteiger charge is 2.33. The molecule has 11 heteroatoms. The largest absolute Gasteiger partial charge is 0.459 e. The molecular weight excluding hydrogens is 404 g/mol. The molecule has 0 spiro atoms. The smallest absolute Gasteiger partial charge is 0.289 e. The average molecular weight is 422 g/mol. The fraction of sp³-hybridized carbons (Fsp3) is 0.353. The number of hydrogen-bond acceptors (Lipinski definition) is 8. The Morgan fingerprint density at radius 2 is 1.96 bits per heavy atom. The fourth-order valence-corrected chi connectivity index (χ4v) is 5.97. The highest BCUT2D eigenvalue weighted by molar-refractivity contribution is 7.89. The summed E-state index contributed by atoms with van der Waals surface area (Å²) in [5.74, 6) is 0.817. The number of nitrogens with zero attached hydrogens (tertiary/aromatic N) is 4. The zero-order valence-corrected chi connectivity index (χ0v) is 16.9. The highest BCUT2D eigenvalue weighted by Crippen LogP contribution is 2.33. The Bertz CT molecular complexity index is 1090. The first-order valence-corrected chi connectivity index (χ1v) is 10.9. The fourth-order valence-electron chi connectivity index (χ4n) is 3.06. The van der Waals surface area contributed by atoms with Crippen molar-refractivity contribution in [3.05, 3.63) is 41.0 Å². The van der Waals surface area contributed by atoms with Gasteiger partial charge >= 0.3 is 0 Å². The van der Waals surface area contributed by atoms with Crippen LogP contribution in [0.2, 0.25) is 0 Å². The van der Waals surface area contributed by atoms with E-state index >= 15 is 0 Å². The first kappa shape index (κ1) is 18.8. The number of piperazine rings is 1. The lowest BCUT2D eigenvalue weighted by Crippen LogP contribution is -2.50. The first-order valence-electron chi connectivity index (χ1n) is 8.60. The van der Waals surface area contributed by atoms with Gasteiger partial charge in [-0.05, 0) is 25.1 Å². The molecule has 1 fully saturated rings. The van der Waals surface area contributed by atoms with E-state index in [-0.39, 0.29) is 29.7 Å². The average Bonchev–Trinajstić information content (AvgIpc) is 3.42. The van der Waals surface area contributed by atoms with Crippen molar-refractivity contribution in [1.29, 1.82) is 0 Å². The van der Waals surface area contributed by atoms with Gasteiger partial charge in [-0.15, -0.1) is 11.3 Å². The van der Waals surface area contributed by atoms with Gasteiger partial charge in [-0.1, -0.05) is 5.16 Å². The van der Waals surface area contributed by atoms with Crippen LogP contribution < -0.4 is 0 Å². The maximum Gasteiger partial charge on any atom is 0.289 e. The third-order valence-corrected chi connectivity index (χ3v) is 7.70. The minimum Gasteiger partial charge on any atom is -0.459 e. The SMILES string of the molecule is Cc1nc(-c2cc(S(=O)(=O)N3CCN(C(=O)c4ccco4)CC3)c(C)s2)no1. The summed E-state index contributed by atoms with van der Waals surface area (Å²) in [4.78, 5) is 19.6. The van der Waals surface area contributed by atoms with Gasteiger partial charge in [-0.2, -0.15) is 9.29 Å². The number of rotatable bonds is 4. The van der Waals surface area contributed by atoms with E-state index in [1.54, 1.807) is 36.9 Å². The zero-order valence-electron chi connectivity index (χ0n) is 15.3. The lowest BCUT2D eigenvalue weighted by Gasteiger charge is -2.33. The second-order valence-electron chi connectivity index (χ2n) is 6.34. The van der Waals surface area contributed by atoms with Crippen LogP contribution in [0, 0.1) is 13.8 Å². The Hall–Kier alpha value is -2.50. The summed E-state index contributed by atoms with van der Waals surface area (Å²) in [6.07, 6.45) is 1.44. The summed E-state index contributed by atoms with van der Waals surface area (Å²) in [5, 5.41) is 3.85. The lowest BCUT2D eigenvalue weighted by atomic mass is 10.3. The van der Waals surface area contributed by atoms with E-state index in [0.717, 1.165) is 0 Å². The number of aromatic nitrogens is 2. The van der Waals surface area contributed by atoms with Crippen molar-refractivity contribution in [2.24, 2.45) is 0 Å². The predicted molar refractivity (Wildman–Crippen MR) is 100 cm³/mol. The Morgan fingerprint density at radius 3 is 2.57 bits per heavy atom. The summed E-state index contributed by atoms with van der Waals surface area (Å²) >= 11 is 1.31. The number of carbonyl (C=O) groups is 1. The van der Waals surface area contributed by atoms with Crippen molar-refractivity contribution in [3.8, 4) is 10.7 Å². The molecule has 0 radical (unpaired) electrons. The van der Waals surface area contributed by atoms with Crippen molar-refractivity contribution < 1.29 is 22.2 Å². The number of hydrogen-bond donors (Lipinski definition) is 0. The molecule has 0 aliphatic carbocycles. The van der Waals surface area contributed by atoms with Gasteiger partial charge in [0.15, 0.2) is 5.76 Å². The van der Waals surface area contributed by atoms with E-state index in [9.17, 15) is 13.2 Å². The van der Waals surface area contributed by atoms with Gasteiger partial charge in [-0.3, -0.25) is 4.79 Å². The van der Waals surface area contributed by atoms with Crippen LogP contribution in [-0.2, 0) is 10.0 Å². The van der Waals surface area contributed by atoms with E-state index in [1.807, 2.05) is 0 Å². The first-order chi connectivity index (χ1) is 13.4. The Balaban J connectivity index is 1.50. The number of thiophene rings is 1. The summed E-state index contributed by atoms with van der Waals surface area (Å²) < 4.78 is 37.7. The molecule has 28 heavy (non-hydrogen) atoms. The predicted octanol–water partition coefficient (Wildman–Crippen LogP) is 2.15. The molecule has 0 bridgehead atoms. The summed E-state index contributed by atoms with van der Waals surface area (Å²) in [6.45, 7) is 4.49. The van der Waals surface area contributed by atoms with Crippen LogP contribution in [-0.4, -0.2) is 59.8 Å². The van der Waals surface area contributed by atoms with Gasteiger partial charge in [0.05, 0.1) is 16.0 Å². The quantitative estimate of drug-likeness (QED) is 0.633. The van der Waals surface area contributed by atoms with Gasteiger partial charge in [0.1, 0.15) is 0 Å². The van der Waals surface area contributed by atoms with Crippen LogP contribution in [0.15, 0.2) is 38.3 Å². The zero-order chi connectivity index (χ0) is 19.9. The monoisotopic (exact) mass is 422 g/mol. The Morgan fingerprint density at radius 1 is 1.21 bits per heavy atom. The summed E-state index contributed by atoms with van der Waals surface area (Å²) in [5.41, 5.74) is 0. The number of amides is 1. The molecule has 9 nitrogen and oxygen atoms in total. The number of sulfonamides is 1. The topological polar surface area (TPSA) is 110 Å². The standard InChI is InChI=1S/C17H18N4O5S2/c1-11-15(10-14(27-11)16-18-12(2)26-19-16)28(23,24)21-7-5-20(6-8-21)17(22)13-4-3-9-25-13/h3-4,9-10H,5-8H2,1-2H3. The van der Waals surface area contributed by atoms with Gasteiger partial charge < -0.3 is 13.8 Å². The highest BCUT2D eigenvalue weighted by atomic mass is 32.2. The molecule has 0 aromatic carbocycles. The molecule has 1 saturated heterocycles. The van der Waals surface area contributed by atoms with Crippen LogP contribution in [0.5, 0.6) is 0 Å². The van der Waals surface area contributed by atoms with Crippen molar-refractivity contribution in [3.63, 3.8) is 0 Å². The molecule has 0 N–H and O–H groups in total. The number of aryl methyl sites for hydroxylation is 2. The minimum atomic E-state index is -3.68. The van der Waals surface area contributed by atoms with Crippen molar-refractivity contribution in [1.82, 2.24) is 19.3 Å². The van der Waals surface area contributed by atoms with Gasteiger partial charge in [0.2, 0.25) is 21.7 Å². The maximum atomic E-state index is 13.1.